The van der Waals surface area contributed by atoms with Gasteiger partial charge >= 0.3 is 0 Å². The zero-order valence-electron chi connectivity index (χ0n) is 7.53. The second kappa shape index (κ2) is 17.4. The first kappa shape index (κ1) is 25.0. The Hall–Kier alpha value is 6.02. The summed E-state index contributed by atoms with van der Waals surface area (Å²) in [6, 6.07) is 0. The molecule has 0 aromatic heterocycles. The number of carbonyl (C=O) groups is 1. The minimum Gasteiger partial charge on any atom is -0.356 e. The van der Waals surface area contributed by atoms with E-state index in [1.54, 1.807) is 0 Å². The molecule has 1 saturated heterocycles. The zero-order valence-corrected chi connectivity index (χ0v) is 20.0. The van der Waals surface area contributed by atoms with Crippen molar-refractivity contribution in [1.29, 1.82) is 0 Å². The molecule has 1 N–H and O–H groups in total. The van der Waals surface area contributed by atoms with E-state index in [0.717, 1.165) is 19.4 Å². The van der Waals surface area contributed by atoms with Gasteiger partial charge in [-0.1, -0.05) is 0 Å². The number of rotatable bonds is 0. The van der Waals surface area contributed by atoms with Gasteiger partial charge in [-0.15, -0.1) is 0 Å². The van der Waals surface area contributed by atoms with Crippen LogP contribution in [0.2, 0.25) is 0 Å². The first-order chi connectivity index (χ1) is 2.89. The van der Waals surface area contributed by atoms with Gasteiger partial charge < -0.3 is 5.32 Å². The molecule has 0 unspecified atom stereocenters. The molecule has 1 aliphatic heterocycles. The van der Waals surface area contributed by atoms with E-state index in [0.29, 0.717) is 0 Å². The first-order valence-corrected chi connectivity index (χ1v) is 2.16. The minimum absolute atomic E-state index is 0. The van der Waals surface area contributed by atoms with Crippen molar-refractivity contribution >= 4 is 211 Å². The largest absolute Gasteiger partial charge is 0.356 e. The fourth-order valence-electron chi connectivity index (χ4n) is 0.565. The van der Waals surface area contributed by atoms with E-state index < -0.39 is 0 Å². The molecule has 1 aliphatic rings. The Morgan fingerprint density at radius 2 is 1.60 bits per heavy atom. The molecule has 38 valence electrons. The average Bonchev–Trinajstić information content (AvgIpc) is 1.86. The molecule has 0 aromatic carbocycles. The minimum atomic E-state index is 0. The zero-order chi connectivity index (χ0) is 4.41. The van der Waals surface area contributed by atoms with E-state index >= 15 is 0 Å². The van der Waals surface area contributed by atoms with Gasteiger partial charge in [-0.2, -0.15) is 0 Å². The number of amides is 1. The molecule has 0 saturated carbocycles. The van der Waals surface area contributed by atoms with Crippen LogP contribution in [0.5, 0.6) is 0 Å². The standard InChI is InChI=1S/C4H7NO.4K/c6-4-2-1-3-5-4;;;;/h1-3H2,(H,5,6);;;;. The summed E-state index contributed by atoms with van der Waals surface area (Å²) in [6.07, 6.45) is 1.76. The van der Waals surface area contributed by atoms with Gasteiger partial charge in [0.15, 0.2) is 0 Å². The summed E-state index contributed by atoms with van der Waals surface area (Å²) in [5.41, 5.74) is 0. The summed E-state index contributed by atoms with van der Waals surface area (Å²) in [6.45, 7) is 0.888. The van der Waals surface area contributed by atoms with Crippen LogP contribution in [0, 0.1) is 0 Å². The summed E-state index contributed by atoms with van der Waals surface area (Å²) in [5.74, 6) is 0.204. The maximum Gasteiger partial charge on any atom is 0.220 e. The molecule has 0 aliphatic carbocycles. The monoisotopic (exact) mass is 241 g/mol. The van der Waals surface area contributed by atoms with Crippen molar-refractivity contribution < 1.29 is 4.79 Å². The number of hydrogen-bond donors (Lipinski definition) is 1. The van der Waals surface area contributed by atoms with Crippen molar-refractivity contribution in [3.8, 4) is 0 Å². The molecular formula is C4H7K4NO. The van der Waals surface area contributed by atoms with E-state index in [1.807, 2.05) is 0 Å². The third kappa shape index (κ3) is 14.0. The number of carbonyl (C=O) groups excluding carboxylic acids is 1. The Morgan fingerprint density at radius 1 is 1.10 bits per heavy atom. The molecule has 2 nitrogen and oxygen atoms in total. The Balaban J connectivity index is -0.0000000450. The van der Waals surface area contributed by atoms with E-state index in [9.17, 15) is 4.79 Å². The summed E-state index contributed by atoms with van der Waals surface area (Å²) >= 11 is 0. The third-order valence-electron chi connectivity index (χ3n) is 0.903. The van der Waals surface area contributed by atoms with Crippen molar-refractivity contribution in [2.24, 2.45) is 0 Å². The van der Waals surface area contributed by atoms with E-state index in [-0.39, 0.29) is 211 Å². The van der Waals surface area contributed by atoms with Crippen LogP contribution >= 0.6 is 0 Å². The Kier molecular flexibility index (Phi) is 43.5. The molecule has 1 heterocycles. The second-order valence-corrected chi connectivity index (χ2v) is 1.45. The van der Waals surface area contributed by atoms with Gasteiger partial charge in [0.2, 0.25) is 5.91 Å². The summed E-state index contributed by atoms with van der Waals surface area (Å²) in [7, 11) is 0. The molecule has 10 heavy (non-hydrogen) atoms. The summed E-state index contributed by atoms with van der Waals surface area (Å²) < 4.78 is 0. The SMILES string of the molecule is O=C1CCCN1.[K].[K].[K].[K]. The molecular weight excluding hydrogens is 234 g/mol. The topological polar surface area (TPSA) is 29.1 Å². The normalized spacial score (nSPS) is 12.6. The Morgan fingerprint density at radius 3 is 1.70 bits per heavy atom. The molecule has 1 amide bonds. The predicted octanol–water partition coefficient (Wildman–Crippen LogP) is -1.63. The smallest absolute Gasteiger partial charge is 0.220 e. The van der Waals surface area contributed by atoms with Gasteiger partial charge in [0.1, 0.15) is 0 Å². The van der Waals surface area contributed by atoms with Crippen LogP contribution < -0.4 is 5.32 Å². The van der Waals surface area contributed by atoms with Crippen molar-refractivity contribution in [2.45, 2.75) is 12.8 Å². The molecule has 4 radical (unpaired) electrons. The Labute approximate surface area is 232 Å². The van der Waals surface area contributed by atoms with Crippen molar-refractivity contribution in [2.75, 3.05) is 6.54 Å². The third-order valence-corrected chi connectivity index (χ3v) is 0.903. The van der Waals surface area contributed by atoms with Crippen molar-refractivity contribution in [1.82, 2.24) is 5.32 Å². The maximum absolute atomic E-state index is 10.1. The van der Waals surface area contributed by atoms with E-state index in [1.165, 1.54) is 0 Å². The van der Waals surface area contributed by atoms with Gasteiger partial charge in [0, 0.05) is 219 Å². The number of nitrogens with one attached hydrogen (secondary N) is 1. The fourth-order valence-corrected chi connectivity index (χ4v) is 0.565. The van der Waals surface area contributed by atoms with Crippen molar-refractivity contribution in [3.05, 3.63) is 0 Å². The molecule has 0 bridgehead atoms. The van der Waals surface area contributed by atoms with Crippen LogP contribution in [0.1, 0.15) is 12.8 Å². The molecule has 1 rings (SSSR count). The van der Waals surface area contributed by atoms with E-state index in [4.69, 9.17) is 0 Å². The van der Waals surface area contributed by atoms with Crippen LogP contribution in [0.25, 0.3) is 0 Å². The molecule has 0 atom stereocenters. The Bertz CT molecular complexity index is 71.7. The number of hydrogen-bond acceptors (Lipinski definition) is 1. The quantitative estimate of drug-likeness (QED) is 0.507. The van der Waals surface area contributed by atoms with Gasteiger partial charge in [0.05, 0.1) is 0 Å². The van der Waals surface area contributed by atoms with Crippen molar-refractivity contribution in [3.63, 3.8) is 0 Å². The van der Waals surface area contributed by atoms with Crippen LogP contribution in [0.4, 0.5) is 0 Å². The van der Waals surface area contributed by atoms with Gasteiger partial charge in [-0.3, -0.25) is 4.79 Å². The second-order valence-electron chi connectivity index (χ2n) is 1.45. The molecule has 1 fully saturated rings. The molecule has 6 heteroatoms. The molecule has 0 spiro atoms. The molecule has 0 aromatic rings. The first-order valence-electron chi connectivity index (χ1n) is 2.16. The average molecular weight is 241 g/mol. The fraction of sp³-hybridized carbons (Fsp3) is 0.750. The van der Waals surface area contributed by atoms with Gasteiger partial charge in [0.25, 0.3) is 0 Å². The summed E-state index contributed by atoms with van der Waals surface area (Å²) in [5, 5.41) is 2.68. The predicted molar refractivity (Wildman–Crippen MR) is 45.3 cm³/mol. The van der Waals surface area contributed by atoms with Crippen LogP contribution in [0.3, 0.4) is 0 Å². The van der Waals surface area contributed by atoms with Gasteiger partial charge in [-0.05, 0) is 6.42 Å². The van der Waals surface area contributed by atoms with E-state index in [2.05, 4.69) is 5.32 Å². The van der Waals surface area contributed by atoms with Crippen LogP contribution in [0.15, 0.2) is 0 Å². The maximum atomic E-state index is 10.1. The summed E-state index contributed by atoms with van der Waals surface area (Å²) in [4.78, 5) is 10.1. The van der Waals surface area contributed by atoms with Gasteiger partial charge in [-0.25, -0.2) is 0 Å². The van der Waals surface area contributed by atoms with Crippen LogP contribution in [-0.4, -0.2) is 218 Å². The van der Waals surface area contributed by atoms with Crippen LogP contribution in [-0.2, 0) is 4.79 Å².